The standard InChI is InChI=1S/C25H18ClN9O8S2/c26-23-30-24(32-25(31-23)35-7-1-2-13(11-35)22(28)37)29-14-4-6-19(45(41,42)43)17(9-14)33-34-21-16(27)5-3-12-8-15(44(38,39)40)10-18(36)20(12)21/h1-11H,(H7-,27,28,29,30,31,32,33,34,36,37,38,39,40,41,42,43)/p+1. The van der Waals surface area contributed by atoms with Crippen LogP contribution in [0.15, 0.2) is 87.0 Å². The third kappa shape index (κ3) is 6.76. The van der Waals surface area contributed by atoms with Crippen molar-refractivity contribution in [1.29, 1.82) is 0 Å². The summed E-state index contributed by atoms with van der Waals surface area (Å²) in [5, 5.41) is 21.1. The summed E-state index contributed by atoms with van der Waals surface area (Å²) in [5.41, 5.74) is 11.1. The number of rotatable bonds is 8. The van der Waals surface area contributed by atoms with E-state index in [4.69, 9.17) is 23.1 Å². The van der Waals surface area contributed by atoms with Crippen molar-refractivity contribution in [3.8, 4) is 11.7 Å². The molecule has 20 heteroatoms. The minimum absolute atomic E-state index is 0.00142. The second-order valence-electron chi connectivity index (χ2n) is 9.09. The Kier molecular flexibility index (Phi) is 8.04. The SMILES string of the molecule is NC(=O)c1ccc[n+](-c2nc(Cl)nc(Nc3ccc(S(=O)(=O)O)c(N=Nc4c(N)ccc5cc(S(=O)(=O)O)cc(O)c45)c3)n2)c1. The molecule has 0 spiro atoms. The summed E-state index contributed by atoms with van der Waals surface area (Å²) in [7, 11) is -9.49. The number of phenols is 1. The number of anilines is 3. The zero-order chi connectivity index (χ0) is 32.7. The number of pyridine rings is 1. The molecule has 5 rings (SSSR count). The van der Waals surface area contributed by atoms with E-state index >= 15 is 0 Å². The molecule has 230 valence electrons. The Bertz CT molecular complexity index is 2280. The van der Waals surface area contributed by atoms with Crippen molar-refractivity contribution in [3.63, 3.8) is 0 Å². The van der Waals surface area contributed by atoms with Gasteiger partial charge in [-0.1, -0.05) is 6.07 Å². The maximum atomic E-state index is 12.1. The molecule has 8 N–H and O–H groups in total. The van der Waals surface area contributed by atoms with Gasteiger partial charge in [-0.25, -0.2) is 4.57 Å². The zero-order valence-electron chi connectivity index (χ0n) is 22.3. The molecule has 2 heterocycles. The molecule has 0 fully saturated rings. The van der Waals surface area contributed by atoms with Crippen molar-refractivity contribution in [2.45, 2.75) is 9.79 Å². The smallest absolute Gasteiger partial charge is 0.444 e. The first kappa shape index (κ1) is 31.1. The second-order valence-corrected chi connectivity index (χ2v) is 12.2. The Balaban J connectivity index is 1.56. The molecule has 0 bridgehead atoms. The molecule has 0 saturated carbocycles. The topological polar surface area (TPSA) is 277 Å². The average Bonchev–Trinajstić information content (AvgIpc) is 2.95. The normalized spacial score (nSPS) is 12.1. The van der Waals surface area contributed by atoms with E-state index in [-0.39, 0.29) is 50.6 Å². The number of aromatic nitrogens is 4. The molecular formula is C25H19ClN9O8S2+. The summed E-state index contributed by atoms with van der Waals surface area (Å²) >= 11 is 6.08. The van der Waals surface area contributed by atoms with Gasteiger partial charge < -0.3 is 21.9 Å². The van der Waals surface area contributed by atoms with Crippen molar-refractivity contribution in [3.05, 3.63) is 77.8 Å². The van der Waals surface area contributed by atoms with Gasteiger partial charge in [-0.2, -0.15) is 21.8 Å². The molecule has 0 unspecified atom stereocenters. The number of benzene rings is 3. The lowest BCUT2D eigenvalue weighted by Gasteiger charge is -2.10. The van der Waals surface area contributed by atoms with E-state index in [1.807, 2.05) is 0 Å². The van der Waals surface area contributed by atoms with Crippen molar-refractivity contribution >= 4 is 77.2 Å². The number of phenolic OH excluding ortho intramolecular Hbond substituents is 1. The van der Waals surface area contributed by atoms with Crippen molar-refractivity contribution in [2.24, 2.45) is 16.0 Å². The van der Waals surface area contributed by atoms with Crippen LogP contribution in [0.1, 0.15) is 10.4 Å². The number of hydrogen-bond donors (Lipinski definition) is 6. The Hall–Kier alpha value is -5.34. The summed E-state index contributed by atoms with van der Waals surface area (Å²) in [6.45, 7) is 0. The number of amides is 1. The molecule has 0 atom stereocenters. The van der Waals surface area contributed by atoms with E-state index in [0.717, 1.165) is 18.2 Å². The number of carbonyl (C=O) groups excluding carboxylic acids is 1. The van der Waals surface area contributed by atoms with Crippen molar-refractivity contribution in [1.82, 2.24) is 15.0 Å². The molecule has 5 aromatic rings. The highest BCUT2D eigenvalue weighted by atomic mass is 35.5. The van der Waals surface area contributed by atoms with Gasteiger partial charge in [0.15, 0.2) is 0 Å². The maximum absolute atomic E-state index is 12.1. The van der Waals surface area contributed by atoms with Gasteiger partial charge in [0.25, 0.3) is 26.1 Å². The van der Waals surface area contributed by atoms with Crippen LogP contribution in [0.5, 0.6) is 5.75 Å². The van der Waals surface area contributed by atoms with Gasteiger partial charge in [-0.15, -0.1) is 10.2 Å². The Morgan fingerprint density at radius 1 is 0.956 bits per heavy atom. The van der Waals surface area contributed by atoms with E-state index in [1.54, 1.807) is 0 Å². The van der Waals surface area contributed by atoms with Gasteiger partial charge in [-0.3, -0.25) is 13.9 Å². The number of nitrogens with one attached hydrogen (secondary N) is 1. The highest BCUT2D eigenvalue weighted by Gasteiger charge is 2.21. The molecule has 1 amide bonds. The zero-order valence-corrected chi connectivity index (χ0v) is 24.7. The Morgan fingerprint density at radius 3 is 2.40 bits per heavy atom. The highest BCUT2D eigenvalue weighted by Crippen LogP contribution is 2.41. The number of fused-ring (bicyclic) bond motifs is 1. The predicted molar refractivity (Wildman–Crippen MR) is 158 cm³/mol. The first-order valence-corrected chi connectivity index (χ1v) is 15.4. The molecule has 17 nitrogen and oxygen atoms in total. The minimum Gasteiger partial charge on any atom is -0.507 e. The minimum atomic E-state index is -4.83. The molecule has 0 aliphatic carbocycles. The molecule has 3 aromatic carbocycles. The molecule has 0 aliphatic rings. The first-order chi connectivity index (χ1) is 21.1. The number of carbonyl (C=O) groups is 1. The summed E-state index contributed by atoms with van der Waals surface area (Å²) in [6.07, 6.45) is 2.90. The molecular weight excluding hydrogens is 654 g/mol. The van der Waals surface area contributed by atoms with Gasteiger partial charge in [0, 0.05) is 11.8 Å². The molecule has 2 aromatic heterocycles. The Morgan fingerprint density at radius 2 is 1.71 bits per heavy atom. The van der Waals surface area contributed by atoms with Crippen LogP contribution in [0.3, 0.4) is 0 Å². The number of azo groups is 1. The van der Waals surface area contributed by atoms with Crippen LogP contribution in [0.4, 0.5) is 28.7 Å². The third-order valence-electron chi connectivity index (χ3n) is 6.04. The van der Waals surface area contributed by atoms with E-state index in [0.29, 0.717) is 0 Å². The van der Waals surface area contributed by atoms with Gasteiger partial charge in [-0.05, 0) is 69.4 Å². The van der Waals surface area contributed by atoms with E-state index in [2.05, 4.69) is 30.5 Å². The monoisotopic (exact) mass is 672 g/mol. The quantitative estimate of drug-likeness (QED) is 0.0599. The lowest BCUT2D eigenvalue weighted by molar-refractivity contribution is -0.603. The summed E-state index contributed by atoms with van der Waals surface area (Å²) < 4.78 is 68.0. The number of primary amides is 1. The van der Waals surface area contributed by atoms with Gasteiger partial charge >= 0.3 is 17.2 Å². The molecule has 0 radical (unpaired) electrons. The van der Waals surface area contributed by atoms with Crippen molar-refractivity contribution in [2.75, 3.05) is 11.1 Å². The number of aromatic hydroxyl groups is 1. The predicted octanol–water partition coefficient (Wildman–Crippen LogP) is 2.99. The van der Waals surface area contributed by atoms with Crippen LogP contribution in [-0.2, 0) is 20.2 Å². The highest BCUT2D eigenvalue weighted by molar-refractivity contribution is 7.86. The largest absolute Gasteiger partial charge is 0.507 e. The van der Waals surface area contributed by atoms with Gasteiger partial charge in [0.05, 0.1) is 33.9 Å². The van der Waals surface area contributed by atoms with Gasteiger partial charge in [0.2, 0.25) is 0 Å². The molecule has 0 aliphatic heterocycles. The maximum Gasteiger partial charge on any atom is 0.444 e. The lowest BCUT2D eigenvalue weighted by Crippen LogP contribution is -2.34. The van der Waals surface area contributed by atoms with Crippen LogP contribution in [-0.4, -0.2) is 51.9 Å². The summed E-state index contributed by atoms with van der Waals surface area (Å²) in [6, 6.07) is 11.0. The van der Waals surface area contributed by atoms with E-state index in [9.17, 15) is 35.8 Å². The summed E-state index contributed by atoms with van der Waals surface area (Å²) in [5.74, 6) is -1.42. The Labute approximate surface area is 258 Å². The third-order valence-corrected chi connectivity index (χ3v) is 7.94. The van der Waals surface area contributed by atoms with Crippen LogP contribution < -0.4 is 21.4 Å². The van der Waals surface area contributed by atoms with Crippen LogP contribution in [0.2, 0.25) is 5.28 Å². The fraction of sp³-hybridized carbons (Fsp3) is 0. The van der Waals surface area contributed by atoms with Gasteiger partial charge in [0.1, 0.15) is 22.0 Å². The number of nitrogens with zero attached hydrogens (tertiary/aromatic N) is 6. The second kappa shape index (κ2) is 11.6. The lowest BCUT2D eigenvalue weighted by atomic mass is 10.1. The average molecular weight is 673 g/mol. The number of hydrogen-bond acceptors (Lipinski definition) is 13. The van der Waals surface area contributed by atoms with Crippen molar-refractivity contribution < 1.29 is 40.4 Å². The number of halogens is 1. The first-order valence-electron chi connectivity index (χ1n) is 12.2. The number of nitrogen functional groups attached to an aromatic ring is 1. The van der Waals surface area contributed by atoms with Crippen LogP contribution >= 0.6 is 11.6 Å². The van der Waals surface area contributed by atoms with Crippen LogP contribution in [0.25, 0.3) is 16.7 Å². The van der Waals surface area contributed by atoms with E-state index < -0.39 is 47.4 Å². The molecule has 0 saturated heterocycles. The summed E-state index contributed by atoms with van der Waals surface area (Å²) in [4.78, 5) is 22.6. The number of nitrogens with two attached hydrogens (primary N) is 2. The molecule has 45 heavy (non-hydrogen) atoms. The van der Waals surface area contributed by atoms with E-state index in [1.165, 1.54) is 53.4 Å². The fourth-order valence-electron chi connectivity index (χ4n) is 4.05. The van der Waals surface area contributed by atoms with Crippen LogP contribution in [0, 0.1) is 0 Å². The fourth-order valence-corrected chi connectivity index (χ4v) is 5.35.